The lowest BCUT2D eigenvalue weighted by molar-refractivity contribution is 0.621. The molecule has 2 heterocycles. The second-order valence-electron chi connectivity index (χ2n) is 6.69. The minimum atomic E-state index is -0.289. The van der Waals surface area contributed by atoms with Crippen molar-refractivity contribution in [2.75, 3.05) is 0 Å². The van der Waals surface area contributed by atoms with Crippen LogP contribution in [0, 0.1) is 12.7 Å². The van der Waals surface area contributed by atoms with Crippen LogP contribution in [-0.4, -0.2) is 14.0 Å². The molecule has 0 aliphatic heterocycles. The van der Waals surface area contributed by atoms with Crippen molar-refractivity contribution >= 4 is 5.52 Å². The van der Waals surface area contributed by atoms with Gasteiger partial charge in [0.15, 0.2) is 0 Å². The Balaban J connectivity index is 1.84. The molecule has 1 saturated carbocycles. The molecule has 3 aromatic rings. The molecule has 118 valence electrons. The quantitative estimate of drug-likeness (QED) is 0.746. The minimum absolute atomic E-state index is 0.0859. The molecule has 1 fully saturated rings. The molecule has 0 unspecified atom stereocenters. The van der Waals surface area contributed by atoms with E-state index in [1.54, 1.807) is 16.8 Å². The number of rotatable bonds is 3. The number of nitrogens with zero attached hydrogens (tertiary/aromatic N) is 3. The molecule has 4 rings (SSSR count). The van der Waals surface area contributed by atoms with Gasteiger partial charge in [-0.3, -0.25) is 9.20 Å². The van der Waals surface area contributed by atoms with E-state index in [2.05, 4.69) is 11.9 Å². The third-order valence-electron chi connectivity index (χ3n) is 4.77. The monoisotopic (exact) mass is 311 g/mol. The molecule has 1 aliphatic rings. The van der Waals surface area contributed by atoms with Crippen molar-refractivity contribution in [3.63, 3.8) is 0 Å². The normalized spacial score (nSPS) is 16.0. The maximum absolute atomic E-state index is 13.4. The first-order chi connectivity index (χ1) is 11.0. The van der Waals surface area contributed by atoms with Crippen molar-refractivity contribution in [3.8, 4) is 0 Å². The van der Waals surface area contributed by atoms with Crippen LogP contribution in [0.1, 0.15) is 36.8 Å². The van der Waals surface area contributed by atoms with Crippen LogP contribution in [0.15, 0.2) is 41.5 Å². The lowest BCUT2D eigenvalue weighted by Crippen LogP contribution is -2.25. The highest BCUT2D eigenvalue weighted by molar-refractivity contribution is 5.46. The van der Waals surface area contributed by atoms with Crippen molar-refractivity contribution in [3.05, 3.63) is 69.9 Å². The van der Waals surface area contributed by atoms with Gasteiger partial charge < -0.3 is 4.57 Å². The van der Waals surface area contributed by atoms with Gasteiger partial charge >= 0.3 is 0 Å². The van der Waals surface area contributed by atoms with E-state index >= 15 is 0 Å². The molecule has 0 spiro atoms. The number of hydrogen-bond acceptors (Lipinski definition) is 2. The maximum Gasteiger partial charge on any atom is 0.276 e. The molecule has 1 aromatic carbocycles. The molecule has 1 aliphatic carbocycles. The highest BCUT2D eigenvalue weighted by Gasteiger charge is 2.42. The van der Waals surface area contributed by atoms with Crippen LogP contribution >= 0.6 is 0 Å². The summed E-state index contributed by atoms with van der Waals surface area (Å²) in [5.74, 6) is 0.674. The van der Waals surface area contributed by atoms with Gasteiger partial charge in [-0.25, -0.2) is 9.37 Å². The van der Waals surface area contributed by atoms with Crippen LogP contribution in [0.4, 0.5) is 4.39 Å². The fourth-order valence-corrected chi connectivity index (χ4v) is 3.08. The van der Waals surface area contributed by atoms with Crippen LogP contribution in [0.25, 0.3) is 5.52 Å². The number of aromatic nitrogens is 3. The summed E-state index contributed by atoms with van der Waals surface area (Å²) in [7, 11) is 0. The fraction of sp³-hybridized carbons (Fsp3) is 0.333. The highest BCUT2D eigenvalue weighted by Crippen LogP contribution is 2.46. The molecule has 2 aromatic heterocycles. The average molecular weight is 311 g/mol. The molecule has 0 amide bonds. The number of hydrogen-bond donors (Lipinski definition) is 0. The molecule has 0 saturated heterocycles. The van der Waals surface area contributed by atoms with E-state index in [4.69, 9.17) is 0 Å². The maximum atomic E-state index is 13.4. The number of halogens is 1. The summed E-state index contributed by atoms with van der Waals surface area (Å²) in [5.41, 5.74) is 2.20. The molecule has 5 heteroatoms. The molecular formula is C18H18FN3O. The Hall–Kier alpha value is -2.43. The zero-order chi connectivity index (χ0) is 16.2. The van der Waals surface area contributed by atoms with Crippen LogP contribution in [0.3, 0.4) is 0 Å². The van der Waals surface area contributed by atoms with Gasteiger partial charge in [0, 0.05) is 17.3 Å². The molecule has 4 nitrogen and oxygen atoms in total. The minimum Gasteiger partial charge on any atom is -0.305 e. The van der Waals surface area contributed by atoms with Gasteiger partial charge in [0.05, 0.1) is 12.7 Å². The lowest BCUT2D eigenvalue weighted by Gasteiger charge is -2.13. The molecule has 0 radical (unpaired) electrons. The van der Waals surface area contributed by atoms with Gasteiger partial charge in [-0.05, 0) is 37.5 Å². The summed E-state index contributed by atoms with van der Waals surface area (Å²) in [6.07, 6.45) is 5.83. The van der Waals surface area contributed by atoms with Gasteiger partial charge in [0.2, 0.25) is 0 Å². The Kier molecular flexibility index (Phi) is 2.95. The van der Waals surface area contributed by atoms with Gasteiger partial charge in [0.1, 0.15) is 17.2 Å². The van der Waals surface area contributed by atoms with Gasteiger partial charge in [-0.15, -0.1) is 0 Å². The summed E-state index contributed by atoms with van der Waals surface area (Å²) >= 11 is 0. The summed E-state index contributed by atoms with van der Waals surface area (Å²) in [6.45, 7) is 4.44. The van der Waals surface area contributed by atoms with Crippen LogP contribution in [0.2, 0.25) is 0 Å². The van der Waals surface area contributed by atoms with Gasteiger partial charge in [-0.1, -0.05) is 19.1 Å². The van der Waals surface area contributed by atoms with Gasteiger partial charge in [-0.2, -0.15) is 0 Å². The standard InChI is InChI=1S/C18H18FN3O/c1-12-10-22-15(9-20-17(22)18(2)6-7-18)16(23)21(12)11-13-4-3-5-14(19)8-13/h3-5,8-10H,6-7,11H2,1-2H3. The van der Waals surface area contributed by atoms with E-state index in [9.17, 15) is 9.18 Å². The number of imidazole rings is 1. The second-order valence-corrected chi connectivity index (χ2v) is 6.69. The van der Waals surface area contributed by atoms with Crippen molar-refractivity contribution in [2.45, 2.75) is 38.6 Å². The number of aryl methyl sites for hydroxylation is 1. The Bertz CT molecular complexity index is 966. The van der Waals surface area contributed by atoms with E-state index in [-0.39, 0.29) is 16.8 Å². The topological polar surface area (TPSA) is 39.3 Å². The Labute approximate surface area is 133 Å². The Morgan fingerprint density at radius 1 is 1.35 bits per heavy atom. The SMILES string of the molecule is Cc1cn2c(C3(C)CC3)ncc2c(=O)n1Cc1cccc(F)c1. The molecule has 0 atom stereocenters. The molecule has 0 bridgehead atoms. The Morgan fingerprint density at radius 2 is 2.13 bits per heavy atom. The average Bonchev–Trinajstić information content (AvgIpc) is 3.09. The van der Waals surface area contributed by atoms with Crippen molar-refractivity contribution in [2.24, 2.45) is 0 Å². The van der Waals surface area contributed by atoms with E-state index < -0.39 is 0 Å². The number of benzene rings is 1. The first kappa shape index (κ1) is 14.2. The largest absolute Gasteiger partial charge is 0.305 e. The zero-order valence-corrected chi connectivity index (χ0v) is 13.2. The summed E-state index contributed by atoms with van der Waals surface area (Å²) in [4.78, 5) is 17.3. The summed E-state index contributed by atoms with van der Waals surface area (Å²) in [6, 6.07) is 6.35. The third-order valence-corrected chi connectivity index (χ3v) is 4.77. The smallest absolute Gasteiger partial charge is 0.276 e. The van der Waals surface area contributed by atoms with E-state index in [0.29, 0.717) is 12.1 Å². The molecular weight excluding hydrogens is 293 g/mol. The third kappa shape index (κ3) is 2.27. The van der Waals surface area contributed by atoms with Gasteiger partial charge in [0.25, 0.3) is 5.56 Å². The van der Waals surface area contributed by atoms with E-state index in [0.717, 1.165) is 29.9 Å². The van der Waals surface area contributed by atoms with E-state index in [1.807, 2.05) is 23.6 Å². The van der Waals surface area contributed by atoms with Crippen molar-refractivity contribution in [1.82, 2.24) is 14.0 Å². The summed E-state index contributed by atoms with van der Waals surface area (Å²) in [5, 5.41) is 0. The fourth-order valence-electron chi connectivity index (χ4n) is 3.08. The predicted octanol–water partition coefficient (Wildman–Crippen LogP) is 3.04. The molecule has 0 N–H and O–H groups in total. The van der Waals surface area contributed by atoms with E-state index in [1.165, 1.54) is 12.1 Å². The summed E-state index contributed by atoms with van der Waals surface area (Å²) < 4.78 is 17.0. The van der Waals surface area contributed by atoms with Crippen molar-refractivity contribution < 1.29 is 4.39 Å². The highest BCUT2D eigenvalue weighted by atomic mass is 19.1. The number of fused-ring (bicyclic) bond motifs is 1. The molecule has 23 heavy (non-hydrogen) atoms. The Morgan fingerprint density at radius 3 is 2.83 bits per heavy atom. The lowest BCUT2D eigenvalue weighted by atomic mass is 10.1. The first-order valence-electron chi connectivity index (χ1n) is 7.80. The zero-order valence-electron chi connectivity index (χ0n) is 13.2. The van der Waals surface area contributed by atoms with Crippen LogP contribution in [0.5, 0.6) is 0 Å². The van der Waals surface area contributed by atoms with Crippen molar-refractivity contribution in [1.29, 1.82) is 0 Å². The second kappa shape index (κ2) is 4.78. The predicted molar refractivity (Wildman–Crippen MR) is 86.3 cm³/mol. The first-order valence-corrected chi connectivity index (χ1v) is 7.80. The van der Waals surface area contributed by atoms with Crippen LogP contribution in [-0.2, 0) is 12.0 Å². The van der Waals surface area contributed by atoms with Crippen LogP contribution < -0.4 is 5.56 Å².